The van der Waals surface area contributed by atoms with Crippen molar-refractivity contribution in [2.24, 2.45) is 0 Å². The van der Waals surface area contributed by atoms with Gasteiger partial charge in [0.15, 0.2) is 0 Å². The van der Waals surface area contributed by atoms with Crippen molar-refractivity contribution in [2.45, 2.75) is 32.8 Å². The Morgan fingerprint density at radius 1 is 0.900 bits per heavy atom. The zero-order chi connectivity index (χ0) is 22.1. The molecule has 0 radical (unpaired) electrons. The smallest absolute Gasteiger partial charge is 0.408 e. The minimum atomic E-state index is -0.669. The third-order valence-corrected chi connectivity index (χ3v) is 3.75. The van der Waals surface area contributed by atoms with Crippen LogP contribution in [0.4, 0.5) is 16.2 Å². The Kier molecular flexibility index (Phi) is 7.80. The van der Waals surface area contributed by atoms with E-state index in [1.807, 2.05) is 12.1 Å². The van der Waals surface area contributed by atoms with Gasteiger partial charge in [-0.05, 0) is 56.7 Å². The van der Waals surface area contributed by atoms with E-state index in [2.05, 4.69) is 16.0 Å². The van der Waals surface area contributed by atoms with Crippen LogP contribution in [0.3, 0.4) is 0 Å². The van der Waals surface area contributed by atoms with Crippen molar-refractivity contribution >= 4 is 29.3 Å². The molecule has 0 bridgehead atoms. The van der Waals surface area contributed by atoms with Crippen LogP contribution in [0.5, 0.6) is 5.75 Å². The monoisotopic (exact) mass is 413 g/mol. The van der Waals surface area contributed by atoms with E-state index >= 15 is 0 Å². The van der Waals surface area contributed by atoms with Gasteiger partial charge >= 0.3 is 6.09 Å². The minimum absolute atomic E-state index is 0.185. The highest BCUT2D eigenvalue weighted by atomic mass is 16.6. The Morgan fingerprint density at radius 3 is 2.07 bits per heavy atom. The number of rotatable bonds is 7. The topological polar surface area (TPSA) is 106 Å². The van der Waals surface area contributed by atoms with E-state index in [0.717, 1.165) is 11.3 Å². The van der Waals surface area contributed by atoms with Crippen LogP contribution in [0.2, 0.25) is 0 Å². The molecule has 0 atom stereocenters. The first kappa shape index (κ1) is 22.7. The Morgan fingerprint density at radius 2 is 1.50 bits per heavy atom. The number of amides is 3. The molecule has 3 amide bonds. The van der Waals surface area contributed by atoms with Crippen LogP contribution in [-0.4, -0.2) is 37.2 Å². The lowest BCUT2D eigenvalue weighted by molar-refractivity contribution is -0.116. The van der Waals surface area contributed by atoms with Gasteiger partial charge in [-0.1, -0.05) is 18.2 Å². The van der Waals surface area contributed by atoms with E-state index in [1.165, 1.54) is 0 Å². The summed E-state index contributed by atoms with van der Waals surface area (Å²) in [4.78, 5) is 35.9. The molecule has 160 valence electrons. The normalized spacial score (nSPS) is 10.7. The highest BCUT2D eigenvalue weighted by Crippen LogP contribution is 2.16. The molecule has 2 aromatic carbocycles. The molecule has 0 spiro atoms. The summed E-state index contributed by atoms with van der Waals surface area (Å²) in [5.74, 6) is 0.126. The average Bonchev–Trinajstić information content (AvgIpc) is 2.66. The molecule has 8 nitrogen and oxygen atoms in total. The van der Waals surface area contributed by atoms with Gasteiger partial charge in [0.1, 0.15) is 17.9 Å². The van der Waals surface area contributed by atoms with E-state index in [4.69, 9.17) is 9.47 Å². The number of nitrogens with one attached hydrogen (secondary N) is 3. The molecule has 0 fully saturated rings. The van der Waals surface area contributed by atoms with Gasteiger partial charge in [-0.3, -0.25) is 9.59 Å². The fraction of sp³-hybridized carbons (Fsp3) is 0.318. The maximum Gasteiger partial charge on any atom is 0.408 e. The predicted molar refractivity (Wildman–Crippen MR) is 115 cm³/mol. The van der Waals surface area contributed by atoms with E-state index in [9.17, 15) is 14.4 Å². The summed E-state index contributed by atoms with van der Waals surface area (Å²) in [7, 11) is 1.58. The molecule has 3 N–H and O–H groups in total. The van der Waals surface area contributed by atoms with Crippen molar-refractivity contribution in [1.29, 1.82) is 0 Å². The number of benzene rings is 2. The second-order valence-corrected chi connectivity index (χ2v) is 7.56. The highest BCUT2D eigenvalue weighted by Gasteiger charge is 2.16. The molecule has 8 heteroatoms. The Bertz CT molecular complexity index is 888. The summed E-state index contributed by atoms with van der Waals surface area (Å²) in [6, 6.07) is 14.0. The first-order valence-electron chi connectivity index (χ1n) is 9.44. The maximum atomic E-state index is 12.3. The Hall–Kier alpha value is -3.55. The number of alkyl carbamates (subject to hydrolysis) is 1. The van der Waals surface area contributed by atoms with Crippen LogP contribution >= 0.6 is 0 Å². The van der Waals surface area contributed by atoms with E-state index < -0.39 is 17.6 Å². The predicted octanol–water partition coefficient (Wildman–Crippen LogP) is 3.34. The minimum Gasteiger partial charge on any atom is -0.497 e. The number of carbonyl (C=O) groups excluding carboxylic acids is 3. The second kappa shape index (κ2) is 10.3. The van der Waals surface area contributed by atoms with Gasteiger partial charge in [0.25, 0.3) is 0 Å². The van der Waals surface area contributed by atoms with Gasteiger partial charge in [-0.2, -0.15) is 0 Å². The van der Waals surface area contributed by atoms with Crippen LogP contribution in [0.25, 0.3) is 0 Å². The lowest BCUT2D eigenvalue weighted by Crippen LogP contribution is -2.37. The third kappa shape index (κ3) is 8.22. The fourth-order valence-corrected chi connectivity index (χ4v) is 2.48. The molecule has 0 heterocycles. The van der Waals surface area contributed by atoms with E-state index in [0.29, 0.717) is 11.4 Å². The fourth-order valence-electron chi connectivity index (χ4n) is 2.48. The summed E-state index contributed by atoms with van der Waals surface area (Å²) in [6.07, 6.45) is -0.461. The molecule has 0 saturated heterocycles. The van der Waals surface area contributed by atoms with Crippen molar-refractivity contribution in [3.63, 3.8) is 0 Å². The second-order valence-electron chi connectivity index (χ2n) is 7.56. The SMILES string of the molecule is COc1ccc(CC(=O)Nc2cccc(NC(=O)CNC(=O)OC(C)(C)C)c2)cc1. The van der Waals surface area contributed by atoms with Gasteiger partial charge in [-0.15, -0.1) is 0 Å². The van der Waals surface area contributed by atoms with Crippen LogP contribution in [0.15, 0.2) is 48.5 Å². The number of hydrogen-bond acceptors (Lipinski definition) is 5. The summed E-state index contributed by atoms with van der Waals surface area (Å²) in [5.41, 5.74) is 1.25. The number of methoxy groups -OCH3 is 1. The van der Waals surface area contributed by atoms with Crippen molar-refractivity contribution in [1.82, 2.24) is 5.32 Å². The summed E-state index contributed by atoms with van der Waals surface area (Å²) in [6.45, 7) is 4.98. The van der Waals surface area contributed by atoms with E-state index in [1.54, 1.807) is 64.3 Å². The Balaban J connectivity index is 1.85. The zero-order valence-electron chi connectivity index (χ0n) is 17.6. The van der Waals surface area contributed by atoms with Crippen molar-refractivity contribution in [3.05, 3.63) is 54.1 Å². The van der Waals surface area contributed by atoms with Gasteiger partial charge < -0.3 is 25.4 Å². The molecule has 0 unspecified atom stereocenters. The first-order valence-corrected chi connectivity index (χ1v) is 9.44. The van der Waals surface area contributed by atoms with Gasteiger partial charge in [0.05, 0.1) is 13.5 Å². The van der Waals surface area contributed by atoms with Crippen LogP contribution in [-0.2, 0) is 20.7 Å². The maximum absolute atomic E-state index is 12.3. The molecule has 0 aromatic heterocycles. The zero-order valence-corrected chi connectivity index (χ0v) is 17.6. The molecule has 2 rings (SSSR count). The van der Waals surface area contributed by atoms with Crippen LogP contribution < -0.4 is 20.7 Å². The van der Waals surface area contributed by atoms with Gasteiger partial charge in [0, 0.05) is 11.4 Å². The quantitative estimate of drug-likeness (QED) is 0.646. The van der Waals surface area contributed by atoms with E-state index in [-0.39, 0.29) is 18.9 Å². The molecule has 0 saturated carbocycles. The lowest BCUT2D eigenvalue weighted by atomic mass is 10.1. The summed E-state index contributed by atoms with van der Waals surface area (Å²) in [5, 5.41) is 7.85. The molecule has 0 aliphatic heterocycles. The largest absolute Gasteiger partial charge is 0.497 e. The van der Waals surface area contributed by atoms with Gasteiger partial charge in [-0.25, -0.2) is 4.79 Å². The van der Waals surface area contributed by atoms with Crippen molar-refractivity contribution in [3.8, 4) is 5.75 Å². The van der Waals surface area contributed by atoms with Crippen molar-refractivity contribution in [2.75, 3.05) is 24.3 Å². The molecular formula is C22H27N3O5. The first-order chi connectivity index (χ1) is 14.1. The molecule has 2 aromatic rings. The number of carbonyl (C=O) groups is 3. The van der Waals surface area contributed by atoms with Crippen LogP contribution in [0, 0.1) is 0 Å². The lowest BCUT2D eigenvalue weighted by Gasteiger charge is -2.19. The van der Waals surface area contributed by atoms with Crippen molar-refractivity contribution < 1.29 is 23.9 Å². The van der Waals surface area contributed by atoms with Gasteiger partial charge in [0.2, 0.25) is 11.8 Å². The molecule has 0 aliphatic rings. The highest BCUT2D eigenvalue weighted by molar-refractivity contribution is 5.96. The Labute approximate surface area is 175 Å². The molecule has 0 aliphatic carbocycles. The number of hydrogen-bond donors (Lipinski definition) is 3. The number of anilines is 2. The molecule has 30 heavy (non-hydrogen) atoms. The summed E-state index contributed by atoms with van der Waals surface area (Å²) >= 11 is 0. The summed E-state index contributed by atoms with van der Waals surface area (Å²) < 4.78 is 10.2. The number of ether oxygens (including phenoxy) is 2. The third-order valence-electron chi connectivity index (χ3n) is 3.75. The standard InChI is InChI=1S/C22H27N3O5/c1-22(2,3)30-21(28)23-14-20(27)25-17-7-5-6-16(13-17)24-19(26)12-15-8-10-18(29-4)11-9-15/h5-11,13H,12,14H2,1-4H3,(H,23,28)(H,24,26)(H,25,27). The molecular weight excluding hydrogens is 386 g/mol. The average molecular weight is 413 g/mol. The van der Waals surface area contributed by atoms with Crippen LogP contribution in [0.1, 0.15) is 26.3 Å².